The van der Waals surface area contributed by atoms with Gasteiger partial charge in [-0.25, -0.2) is 9.07 Å². The molecule has 0 aliphatic heterocycles. The van der Waals surface area contributed by atoms with Crippen molar-refractivity contribution in [3.05, 3.63) is 63.8 Å². The lowest BCUT2D eigenvalue weighted by atomic mass is 10.2. The number of nitrogens with one attached hydrogen (secondary N) is 1. The fourth-order valence-corrected chi connectivity index (χ4v) is 1.71. The van der Waals surface area contributed by atoms with Crippen LogP contribution in [0.3, 0.4) is 0 Å². The van der Waals surface area contributed by atoms with Crippen molar-refractivity contribution in [2.45, 2.75) is 19.3 Å². The third kappa shape index (κ3) is 4.63. The zero-order chi connectivity index (χ0) is 17.0. The van der Waals surface area contributed by atoms with Crippen molar-refractivity contribution >= 4 is 5.91 Å². The monoisotopic (exact) mass is 329 g/mol. The first-order chi connectivity index (χ1) is 10.8. The van der Waals surface area contributed by atoms with E-state index in [0.717, 1.165) is 0 Å². The Hall–Kier alpha value is -2.71. The van der Waals surface area contributed by atoms with Gasteiger partial charge in [0.2, 0.25) is 5.91 Å². The second kappa shape index (κ2) is 6.59. The van der Waals surface area contributed by atoms with Gasteiger partial charge < -0.3 is 5.32 Å². The molecule has 122 valence electrons. The van der Waals surface area contributed by atoms with Crippen LogP contribution in [0.15, 0.2) is 41.2 Å². The quantitative estimate of drug-likeness (QED) is 0.869. The molecule has 1 aromatic heterocycles. The van der Waals surface area contributed by atoms with E-state index in [1.165, 1.54) is 24.3 Å². The number of carbonyl (C=O) groups excluding carboxylic acids is 1. The smallest absolute Gasteiger partial charge is 0.350 e. The Bertz CT molecular complexity index is 754. The Morgan fingerprint density at radius 2 is 1.78 bits per heavy atom. The van der Waals surface area contributed by atoms with Crippen molar-refractivity contribution in [1.82, 2.24) is 15.1 Å². The predicted octanol–water partition coefficient (Wildman–Crippen LogP) is 1.72. The van der Waals surface area contributed by atoms with Crippen molar-refractivity contribution in [1.29, 1.82) is 0 Å². The third-order valence-corrected chi connectivity index (χ3v) is 2.85. The van der Waals surface area contributed by atoms with Gasteiger partial charge in [0.05, 0.1) is 0 Å². The molecule has 1 aromatic carbocycles. The maximum absolute atomic E-state index is 12.7. The maximum Gasteiger partial charge on any atom is 0.435 e. The van der Waals surface area contributed by atoms with E-state index in [9.17, 15) is 27.2 Å². The van der Waals surface area contributed by atoms with Crippen molar-refractivity contribution < 1.29 is 22.4 Å². The highest BCUT2D eigenvalue weighted by Crippen LogP contribution is 2.26. The molecule has 0 aliphatic carbocycles. The van der Waals surface area contributed by atoms with E-state index in [0.29, 0.717) is 22.4 Å². The topological polar surface area (TPSA) is 64.0 Å². The Labute approximate surface area is 127 Å². The molecule has 0 aliphatic rings. The molecule has 1 heterocycles. The lowest BCUT2D eigenvalue weighted by molar-refractivity contribution is -0.142. The molecular weight excluding hydrogens is 318 g/mol. The molecule has 2 rings (SSSR count). The number of benzene rings is 1. The van der Waals surface area contributed by atoms with Crippen LogP contribution in [0.2, 0.25) is 0 Å². The Kier molecular flexibility index (Phi) is 4.77. The van der Waals surface area contributed by atoms with Crippen molar-refractivity contribution in [3.8, 4) is 0 Å². The van der Waals surface area contributed by atoms with Crippen LogP contribution in [0.4, 0.5) is 17.6 Å². The van der Waals surface area contributed by atoms with Gasteiger partial charge in [0, 0.05) is 12.6 Å². The fourth-order valence-electron chi connectivity index (χ4n) is 1.71. The van der Waals surface area contributed by atoms with Gasteiger partial charge in [-0.2, -0.15) is 18.3 Å². The number of amides is 1. The molecule has 0 fully saturated rings. The molecule has 0 bridgehead atoms. The average Bonchev–Trinajstić information content (AvgIpc) is 2.48. The minimum atomic E-state index is -4.71. The predicted molar refractivity (Wildman–Crippen MR) is 71.7 cm³/mol. The number of halogens is 4. The molecule has 2 aromatic rings. The number of hydrogen-bond donors (Lipinski definition) is 1. The second-order valence-corrected chi connectivity index (χ2v) is 4.62. The largest absolute Gasteiger partial charge is 0.435 e. The Balaban J connectivity index is 2.02. The number of nitrogens with zero attached hydrogens (tertiary/aromatic N) is 2. The Morgan fingerprint density at radius 1 is 1.13 bits per heavy atom. The van der Waals surface area contributed by atoms with Crippen LogP contribution in [0.5, 0.6) is 0 Å². The summed E-state index contributed by atoms with van der Waals surface area (Å²) in [6, 6.07) is 6.56. The lowest BCUT2D eigenvalue weighted by Crippen LogP contribution is -2.34. The number of alkyl halides is 3. The normalized spacial score (nSPS) is 11.3. The lowest BCUT2D eigenvalue weighted by Gasteiger charge is -2.09. The number of hydrogen-bond acceptors (Lipinski definition) is 3. The molecule has 1 N–H and O–H groups in total. The first kappa shape index (κ1) is 16.7. The van der Waals surface area contributed by atoms with Crippen LogP contribution in [0.25, 0.3) is 0 Å². The molecule has 5 nitrogen and oxygen atoms in total. The van der Waals surface area contributed by atoms with Crippen molar-refractivity contribution in [2.75, 3.05) is 0 Å². The van der Waals surface area contributed by atoms with Crippen molar-refractivity contribution in [3.63, 3.8) is 0 Å². The summed E-state index contributed by atoms with van der Waals surface area (Å²) < 4.78 is 50.7. The van der Waals surface area contributed by atoms with Gasteiger partial charge in [-0.05, 0) is 23.8 Å². The molecule has 0 radical (unpaired) electrons. The van der Waals surface area contributed by atoms with Gasteiger partial charge in [0.25, 0.3) is 5.56 Å². The van der Waals surface area contributed by atoms with E-state index in [1.807, 2.05) is 0 Å². The molecule has 0 atom stereocenters. The molecule has 0 saturated heterocycles. The van der Waals surface area contributed by atoms with Crippen LogP contribution in [-0.2, 0) is 24.1 Å². The standard InChI is InChI=1S/C14H11F4N3O2/c15-10-3-1-9(2-4-10)7-19-12(22)8-21-13(23)6-5-11(20-21)14(16,17)18/h1-6H,7-8H2,(H,19,22). The summed E-state index contributed by atoms with van der Waals surface area (Å²) in [7, 11) is 0. The number of aromatic nitrogens is 2. The molecule has 9 heteroatoms. The van der Waals surface area contributed by atoms with Gasteiger partial charge in [-0.15, -0.1) is 0 Å². The van der Waals surface area contributed by atoms with Crippen LogP contribution < -0.4 is 10.9 Å². The van der Waals surface area contributed by atoms with E-state index in [1.54, 1.807) is 0 Å². The Morgan fingerprint density at radius 3 is 2.39 bits per heavy atom. The van der Waals surface area contributed by atoms with Crippen LogP contribution in [-0.4, -0.2) is 15.7 Å². The minimum Gasteiger partial charge on any atom is -0.350 e. The second-order valence-electron chi connectivity index (χ2n) is 4.62. The average molecular weight is 329 g/mol. The highest BCUT2D eigenvalue weighted by molar-refractivity contribution is 5.75. The summed E-state index contributed by atoms with van der Waals surface area (Å²) in [4.78, 5) is 23.2. The summed E-state index contributed by atoms with van der Waals surface area (Å²) in [6.07, 6.45) is -4.71. The summed E-state index contributed by atoms with van der Waals surface area (Å²) in [6.45, 7) is -0.600. The van der Waals surface area contributed by atoms with E-state index in [2.05, 4.69) is 10.4 Å². The van der Waals surface area contributed by atoms with Crippen molar-refractivity contribution in [2.24, 2.45) is 0 Å². The number of rotatable bonds is 4. The molecular formula is C14H11F4N3O2. The van der Waals surface area contributed by atoms with Gasteiger partial charge in [0.1, 0.15) is 12.4 Å². The van der Waals surface area contributed by atoms with Crippen LogP contribution >= 0.6 is 0 Å². The zero-order valence-electron chi connectivity index (χ0n) is 11.6. The first-order valence-electron chi connectivity index (χ1n) is 6.42. The maximum atomic E-state index is 12.7. The van der Waals surface area contributed by atoms with E-state index in [-0.39, 0.29) is 6.54 Å². The molecule has 23 heavy (non-hydrogen) atoms. The van der Waals surface area contributed by atoms with Gasteiger partial charge >= 0.3 is 6.18 Å². The third-order valence-electron chi connectivity index (χ3n) is 2.85. The number of carbonyl (C=O) groups is 1. The van der Waals surface area contributed by atoms with Gasteiger partial charge in [0.15, 0.2) is 5.69 Å². The van der Waals surface area contributed by atoms with E-state index < -0.39 is 35.7 Å². The van der Waals surface area contributed by atoms with Crippen LogP contribution in [0.1, 0.15) is 11.3 Å². The SMILES string of the molecule is O=C(Cn1nc(C(F)(F)F)ccc1=O)NCc1ccc(F)cc1. The van der Waals surface area contributed by atoms with E-state index in [4.69, 9.17) is 0 Å². The highest BCUT2D eigenvalue weighted by Gasteiger charge is 2.33. The zero-order valence-corrected chi connectivity index (χ0v) is 11.6. The first-order valence-corrected chi connectivity index (χ1v) is 6.42. The summed E-state index contributed by atoms with van der Waals surface area (Å²) >= 11 is 0. The van der Waals surface area contributed by atoms with Gasteiger partial charge in [-0.1, -0.05) is 12.1 Å². The fraction of sp³-hybridized carbons (Fsp3) is 0.214. The molecule has 1 amide bonds. The summed E-state index contributed by atoms with van der Waals surface area (Å²) in [5, 5.41) is 5.53. The van der Waals surface area contributed by atoms with E-state index >= 15 is 0 Å². The van der Waals surface area contributed by atoms with Crippen LogP contribution in [0, 0.1) is 5.82 Å². The van der Waals surface area contributed by atoms with Gasteiger partial charge in [-0.3, -0.25) is 9.59 Å². The summed E-state index contributed by atoms with van der Waals surface area (Å²) in [5.41, 5.74) is -1.48. The highest BCUT2D eigenvalue weighted by atomic mass is 19.4. The molecule has 0 unspecified atom stereocenters. The molecule has 0 saturated carbocycles. The minimum absolute atomic E-state index is 0.0484. The summed E-state index contributed by atoms with van der Waals surface area (Å²) in [5.74, 6) is -1.12. The molecule has 0 spiro atoms.